The van der Waals surface area contributed by atoms with Crippen molar-refractivity contribution in [3.05, 3.63) is 65.4 Å². The molecule has 6 nitrogen and oxygen atoms in total. The first-order chi connectivity index (χ1) is 15.3. The summed E-state index contributed by atoms with van der Waals surface area (Å²) in [6, 6.07) is 15.9. The van der Waals surface area contributed by atoms with Crippen LogP contribution in [0.3, 0.4) is 0 Å². The van der Waals surface area contributed by atoms with Gasteiger partial charge in [0.1, 0.15) is 5.82 Å². The summed E-state index contributed by atoms with van der Waals surface area (Å²) in [6.45, 7) is 8.40. The highest BCUT2D eigenvalue weighted by atomic mass is 16.2. The fourth-order valence-electron chi connectivity index (χ4n) is 4.37. The molecule has 1 atom stereocenters. The maximum atomic E-state index is 13.0. The van der Waals surface area contributed by atoms with Crippen LogP contribution in [0, 0.1) is 13.8 Å². The Bertz CT molecular complexity index is 1130. The van der Waals surface area contributed by atoms with Crippen LogP contribution in [0.4, 0.5) is 5.82 Å². The van der Waals surface area contributed by atoms with Gasteiger partial charge in [0.05, 0.1) is 11.4 Å². The molecule has 3 aromatic rings. The van der Waals surface area contributed by atoms with E-state index in [1.165, 1.54) is 18.9 Å². The number of hydrogen-bond donors (Lipinski definition) is 1. The number of hydrogen-bond acceptors (Lipinski definition) is 3. The topological polar surface area (TPSA) is 67.2 Å². The lowest BCUT2D eigenvalue weighted by Gasteiger charge is -2.33. The third-order valence-electron chi connectivity index (χ3n) is 6.12. The van der Waals surface area contributed by atoms with Gasteiger partial charge in [0.15, 0.2) is 0 Å². The Hall–Kier alpha value is -3.41. The SMILES string of the molecule is CC(=O)Nc1c(-c2ccc(C)cc2)c(C)nn1-c1ccc(C(=O)N2CCCCC2C)cc1. The van der Waals surface area contributed by atoms with E-state index in [2.05, 4.69) is 12.2 Å². The first-order valence-corrected chi connectivity index (χ1v) is 11.2. The van der Waals surface area contributed by atoms with Crippen LogP contribution >= 0.6 is 0 Å². The average molecular weight is 431 g/mol. The fraction of sp³-hybridized carbons (Fsp3) is 0.346. The number of aryl methyl sites for hydroxylation is 2. The standard InChI is InChI=1S/C26H30N4O2/c1-17-8-10-21(11-9-17)24-19(3)28-30(25(24)27-20(4)31)23-14-12-22(13-15-23)26(32)29-16-6-5-7-18(29)2/h8-15,18H,5-7,16H2,1-4H3,(H,27,31). The monoisotopic (exact) mass is 430 g/mol. The van der Waals surface area contributed by atoms with Crippen molar-refractivity contribution in [2.45, 2.75) is 53.0 Å². The summed E-state index contributed by atoms with van der Waals surface area (Å²) in [4.78, 5) is 26.9. The molecular weight excluding hydrogens is 400 g/mol. The first-order valence-electron chi connectivity index (χ1n) is 11.2. The second-order valence-corrected chi connectivity index (χ2v) is 8.66. The van der Waals surface area contributed by atoms with Gasteiger partial charge in [-0.2, -0.15) is 5.10 Å². The van der Waals surface area contributed by atoms with Gasteiger partial charge in [-0.05, 0) is 69.9 Å². The maximum Gasteiger partial charge on any atom is 0.254 e. The second kappa shape index (κ2) is 8.99. The van der Waals surface area contributed by atoms with Crippen molar-refractivity contribution in [1.82, 2.24) is 14.7 Å². The molecule has 1 aliphatic heterocycles. The molecule has 1 fully saturated rings. The number of nitrogens with one attached hydrogen (secondary N) is 1. The molecule has 1 unspecified atom stereocenters. The van der Waals surface area contributed by atoms with Gasteiger partial charge in [-0.25, -0.2) is 4.68 Å². The minimum Gasteiger partial charge on any atom is -0.336 e. The lowest BCUT2D eigenvalue weighted by Crippen LogP contribution is -2.42. The van der Waals surface area contributed by atoms with Crippen molar-refractivity contribution < 1.29 is 9.59 Å². The third-order valence-corrected chi connectivity index (χ3v) is 6.12. The highest BCUT2D eigenvalue weighted by molar-refractivity contribution is 5.95. The molecule has 0 saturated carbocycles. The molecule has 166 valence electrons. The van der Waals surface area contributed by atoms with Crippen molar-refractivity contribution in [3.63, 3.8) is 0 Å². The summed E-state index contributed by atoms with van der Waals surface area (Å²) in [5.41, 5.74) is 5.34. The Morgan fingerprint density at radius 2 is 1.69 bits per heavy atom. The van der Waals surface area contributed by atoms with Crippen LogP contribution in [-0.2, 0) is 4.79 Å². The number of nitrogens with zero attached hydrogens (tertiary/aromatic N) is 3. The molecule has 4 rings (SSSR count). The van der Waals surface area contributed by atoms with E-state index < -0.39 is 0 Å². The summed E-state index contributed by atoms with van der Waals surface area (Å²) in [6.07, 6.45) is 3.29. The molecule has 2 aromatic carbocycles. The highest BCUT2D eigenvalue weighted by Crippen LogP contribution is 2.34. The highest BCUT2D eigenvalue weighted by Gasteiger charge is 2.24. The van der Waals surface area contributed by atoms with E-state index in [-0.39, 0.29) is 17.9 Å². The lowest BCUT2D eigenvalue weighted by molar-refractivity contribution is -0.114. The molecule has 1 aliphatic rings. The Kier molecular flexibility index (Phi) is 6.12. The van der Waals surface area contributed by atoms with Crippen LogP contribution in [0.5, 0.6) is 0 Å². The van der Waals surface area contributed by atoms with E-state index >= 15 is 0 Å². The normalized spacial score (nSPS) is 16.1. The van der Waals surface area contributed by atoms with Crippen LogP contribution in [0.2, 0.25) is 0 Å². The minimum absolute atomic E-state index is 0.0721. The van der Waals surface area contributed by atoms with Crippen LogP contribution in [-0.4, -0.2) is 39.1 Å². The fourth-order valence-corrected chi connectivity index (χ4v) is 4.37. The number of amides is 2. The predicted molar refractivity (Wildman–Crippen MR) is 127 cm³/mol. The second-order valence-electron chi connectivity index (χ2n) is 8.66. The largest absolute Gasteiger partial charge is 0.336 e. The van der Waals surface area contributed by atoms with E-state index in [0.717, 1.165) is 41.9 Å². The summed E-state index contributed by atoms with van der Waals surface area (Å²) < 4.78 is 1.74. The number of carbonyl (C=O) groups excluding carboxylic acids is 2. The van der Waals surface area contributed by atoms with Crippen LogP contribution in [0.15, 0.2) is 48.5 Å². The Labute approximate surface area is 189 Å². The third kappa shape index (κ3) is 4.31. The van der Waals surface area contributed by atoms with Crippen molar-refractivity contribution in [3.8, 4) is 16.8 Å². The molecule has 0 aliphatic carbocycles. The zero-order valence-corrected chi connectivity index (χ0v) is 19.2. The lowest BCUT2D eigenvalue weighted by atomic mass is 10.0. The summed E-state index contributed by atoms with van der Waals surface area (Å²) in [5, 5.41) is 7.67. The van der Waals surface area contributed by atoms with Crippen molar-refractivity contribution in [1.29, 1.82) is 0 Å². The van der Waals surface area contributed by atoms with Gasteiger partial charge in [0.25, 0.3) is 5.91 Å². The molecule has 2 heterocycles. The smallest absolute Gasteiger partial charge is 0.254 e. The quantitative estimate of drug-likeness (QED) is 0.624. The molecule has 0 radical (unpaired) electrons. The molecule has 0 bridgehead atoms. The summed E-state index contributed by atoms with van der Waals surface area (Å²) in [5.74, 6) is 0.538. The zero-order chi connectivity index (χ0) is 22.8. The molecular formula is C26H30N4O2. The number of anilines is 1. The van der Waals surface area contributed by atoms with Crippen LogP contribution in [0.25, 0.3) is 16.8 Å². The predicted octanol–water partition coefficient (Wildman–Crippen LogP) is 5.13. The van der Waals surface area contributed by atoms with E-state index in [1.807, 2.05) is 67.3 Å². The minimum atomic E-state index is -0.162. The Morgan fingerprint density at radius 3 is 2.31 bits per heavy atom. The van der Waals surface area contributed by atoms with E-state index in [1.54, 1.807) is 4.68 Å². The average Bonchev–Trinajstić information content (AvgIpc) is 3.09. The summed E-state index contributed by atoms with van der Waals surface area (Å²) in [7, 11) is 0. The van der Waals surface area contributed by atoms with Crippen molar-refractivity contribution in [2.75, 3.05) is 11.9 Å². The van der Waals surface area contributed by atoms with Gasteiger partial charge in [-0.3, -0.25) is 9.59 Å². The Balaban J connectivity index is 1.70. The van der Waals surface area contributed by atoms with Gasteiger partial charge in [-0.1, -0.05) is 29.8 Å². The first kappa shape index (κ1) is 21.8. The number of piperidine rings is 1. The summed E-state index contributed by atoms with van der Waals surface area (Å²) >= 11 is 0. The molecule has 0 spiro atoms. The Morgan fingerprint density at radius 1 is 1.00 bits per heavy atom. The molecule has 32 heavy (non-hydrogen) atoms. The maximum absolute atomic E-state index is 13.0. The number of rotatable bonds is 4. The van der Waals surface area contributed by atoms with Gasteiger partial charge >= 0.3 is 0 Å². The van der Waals surface area contributed by atoms with Gasteiger partial charge < -0.3 is 10.2 Å². The van der Waals surface area contributed by atoms with E-state index in [9.17, 15) is 9.59 Å². The molecule has 6 heteroatoms. The molecule has 2 amide bonds. The van der Waals surface area contributed by atoms with Crippen molar-refractivity contribution >= 4 is 17.6 Å². The van der Waals surface area contributed by atoms with Gasteiger partial charge in [-0.15, -0.1) is 0 Å². The van der Waals surface area contributed by atoms with Crippen LogP contribution in [0.1, 0.15) is 54.7 Å². The molecule has 1 N–H and O–H groups in total. The van der Waals surface area contributed by atoms with Crippen LogP contribution < -0.4 is 5.32 Å². The van der Waals surface area contributed by atoms with Gasteiger partial charge in [0.2, 0.25) is 5.91 Å². The number of carbonyl (C=O) groups is 2. The zero-order valence-electron chi connectivity index (χ0n) is 19.2. The number of likely N-dealkylation sites (tertiary alicyclic amines) is 1. The van der Waals surface area contributed by atoms with E-state index in [4.69, 9.17) is 5.10 Å². The van der Waals surface area contributed by atoms with Crippen molar-refractivity contribution in [2.24, 2.45) is 0 Å². The number of aromatic nitrogens is 2. The number of benzene rings is 2. The molecule has 1 saturated heterocycles. The molecule has 1 aromatic heterocycles. The van der Waals surface area contributed by atoms with Gasteiger partial charge in [0, 0.05) is 30.6 Å². The van der Waals surface area contributed by atoms with E-state index in [0.29, 0.717) is 11.4 Å².